The number of hydrazone groups is 1. The molecule has 0 fully saturated rings. The van der Waals surface area contributed by atoms with Gasteiger partial charge in [-0.3, -0.25) is 0 Å². The molecule has 2 N–H and O–H groups in total. The second-order valence-electron chi connectivity index (χ2n) is 7.68. The summed E-state index contributed by atoms with van der Waals surface area (Å²) in [7, 11) is 5.24. The van der Waals surface area contributed by atoms with E-state index < -0.39 is 6.03 Å². The summed E-state index contributed by atoms with van der Waals surface area (Å²) in [6.07, 6.45) is 3.82. The van der Waals surface area contributed by atoms with Crippen molar-refractivity contribution in [1.29, 1.82) is 0 Å². The molecule has 1 heterocycles. The van der Waals surface area contributed by atoms with Gasteiger partial charge in [-0.2, -0.15) is 5.10 Å². The van der Waals surface area contributed by atoms with Crippen LogP contribution >= 0.6 is 0 Å². The maximum atomic E-state index is 12.2. The first-order valence-corrected chi connectivity index (χ1v) is 9.65. The number of likely N-dealkylation sites (N-methyl/N-ethyl adjacent to an activating group) is 1. The number of hydrogen-bond donors (Lipinski definition) is 2. The van der Waals surface area contributed by atoms with Crippen LogP contribution in [0.15, 0.2) is 47.6 Å². The Hall–Kier alpha value is -3.48. The van der Waals surface area contributed by atoms with Gasteiger partial charge in [-0.25, -0.2) is 10.2 Å². The van der Waals surface area contributed by atoms with Crippen molar-refractivity contribution in [2.75, 3.05) is 31.5 Å². The van der Waals surface area contributed by atoms with Crippen molar-refractivity contribution in [2.45, 2.75) is 26.3 Å². The zero-order valence-corrected chi connectivity index (χ0v) is 18.2. The van der Waals surface area contributed by atoms with Crippen LogP contribution in [0.4, 0.5) is 16.2 Å². The smallest absolute Gasteiger partial charge is 0.339 e. The molecule has 7 heteroatoms. The highest BCUT2D eigenvalue weighted by Gasteiger charge is 2.29. The minimum atomic E-state index is -0.467. The van der Waals surface area contributed by atoms with Crippen LogP contribution in [-0.2, 0) is 0 Å². The van der Waals surface area contributed by atoms with Gasteiger partial charge in [0.1, 0.15) is 11.5 Å². The predicted molar refractivity (Wildman–Crippen MR) is 122 cm³/mol. The number of para-hydroxylation sites is 2. The van der Waals surface area contributed by atoms with E-state index in [0.29, 0.717) is 17.2 Å². The average Bonchev–Trinajstić information content (AvgIpc) is 2.72. The Bertz CT molecular complexity index is 1010. The third-order valence-electron chi connectivity index (χ3n) is 5.29. The molecule has 0 aliphatic carbocycles. The van der Waals surface area contributed by atoms with Crippen molar-refractivity contribution in [3.63, 3.8) is 0 Å². The Labute approximate surface area is 177 Å². The van der Waals surface area contributed by atoms with Gasteiger partial charge in [0.2, 0.25) is 0 Å². The quantitative estimate of drug-likeness (QED) is 0.565. The molecule has 7 nitrogen and oxygen atoms in total. The number of amides is 2. The highest BCUT2D eigenvalue weighted by atomic mass is 16.5. The van der Waals surface area contributed by atoms with Gasteiger partial charge in [-0.05, 0) is 44.5 Å². The fourth-order valence-corrected chi connectivity index (χ4v) is 3.53. The van der Waals surface area contributed by atoms with Crippen molar-refractivity contribution in [3.8, 4) is 11.5 Å². The first-order valence-electron chi connectivity index (χ1n) is 9.65. The third-order valence-corrected chi connectivity index (χ3v) is 5.29. The van der Waals surface area contributed by atoms with Gasteiger partial charge < -0.3 is 19.7 Å². The van der Waals surface area contributed by atoms with Crippen LogP contribution in [0.2, 0.25) is 0 Å². The number of benzene rings is 2. The molecule has 0 aromatic heterocycles. The summed E-state index contributed by atoms with van der Waals surface area (Å²) in [6.45, 7) is 6.44. The van der Waals surface area contributed by atoms with Gasteiger partial charge in [-0.15, -0.1) is 0 Å². The Balaban J connectivity index is 1.79. The fourth-order valence-electron chi connectivity index (χ4n) is 3.53. The third kappa shape index (κ3) is 4.25. The molecule has 2 amide bonds. The van der Waals surface area contributed by atoms with E-state index in [0.717, 1.165) is 16.8 Å². The number of carbonyl (C=O) groups excluding carboxylic acids is 1. The summed E-state index contributed by atoms with van der Waals surface area (Å²) in [4.78, 5) is 14.4. The van der Waals surface area contributed by atoms with E-state index in [1.807, 2.05) is 24.3 Å². The maximum Gasteiger partial charge on any atom is 0.339 e. The van der Waals surface area contributed by atoms with Crippen LogP contribution in [0.25, 0.3) is 5.57 Å². The molecule has 0 bridgehead atoms. The molecule has 0 atom stereocenters. The molecule has 0 saturated heterocycles. The standard InChI is InChI=1S/C23H28N4O3/c1-15-13-23(2,3)27(4)19-12-21(30-6)16(11-17(15)19)14-24-26-22(28)25-18-9-7-8-10-20(18)29-5/h7-14H,1-6H3,(H2,25,26,28)/b24-14+. The normalized spacial score (nSPS) is 14.7. The Morgan fingerprint density at radius 1 is 1.13 bits per heavy atom. The number of urea groups is 1. The first-order chi connectivity index (χ1) is 14.3. The lowest BCUT2D eigenvalue weighted by atomic mass is 9.88. The van der Waals surface area contributed by atoms with Crippen LogP contribution in [-0.4, -0.2) is 39.1 Å². The van der Waals surface area contributed by atoms with E-state index in [-0.39, 0.29) is 5.54 Å². The number of carbonyl (C=O) groups is 1. The molecule has 1 aliphatic rings. The van der Waals surface area contributed by atoms with Crippen molar-refractivity contribution in [1.82, 2.24) is 5.43 Å². The molecule has 0 spiro atoms. The summed E-state index contributed by atoms with van der Waals surface area (Å²) in [6, 6.07) is 10.7. The molecule has 0 unspecified atom stereocenters. The predicted octanol–water partition coefficient (Wildman–Crippen LogP) is 4.49. The molecule has 0 saturated carbocycles. The number of rotatable bonds is 5. The van der Waals surface area contributed by atoms with Crippen LogP contribution in [0, 0.1) is 0 Å². The first kappa shape index (κ1) is 21.2. The van der Waals surface area contributed by atoms with Gasteiger partial charge in [-0.1, -0.05) is 18.2 Å². The van der Waals surface area contributed by atoms with Crippen molar-refractivity contribution in [3.05, 3.63) is 53.6 Å². The van der Waals surface area contributed by atoms with E-state index in [2.05, 4.69) is 54.6 Å². The van der Waals surface area contributed by atoms with Gasteiger partial charge in [0.15, 0.2) is 0 Å². The Morgan fingerprint density at radius 2 is 1.83 bits per heavy atom. The monoisotopic (exact) mass is 408 g/mol. The number of nitrogens with zero attached hydrogens (tertiary/aromatic N) is 2. The molecule has 2 aromatic carbocycles. The van der Waals surface area contributed by atoms with E-state index >= 15 is 0 Å². The van der Waals surface area contributed by atoms with Crippen LogP contribution < -0.4 is 25.1 Å². The topological polar surface area (TPSA) is 75.2 Å². The highest BCUT2D eigenvalue weighted by molar-refractivity contribution is 5.93. The Kier molecular flexibility index (Phi) is 6.01. The molecular formula is C23H28N4O3. The SMILES string of the molecule is COc1cc2c(cc1/C=N/NC(=O)Nc1ccccc1OC)C(C)=CC(C)(C)N2C. The van der Waals surface area contributed by atoms with Crippen molar-refractivity contribution >= 4 is 29.2 Å². The summed E-state index contributed by atoms with van der Waals surface area (Å²) in [5, 5.41) is 6.79. The van der Waals surface area contributed by atoms with Gasteiger partial charge in [0.05, 0.1) is 31.7 Å². The van der Waals surface area contributed by atoms with Crippen molar-refractivity contribution in [2.24, 2.45) is 5.10 Å². The van der Waals surface area contributed by atoms with E-state index in [1.165, 1.54) is 5.57 Å². The second-order valence-corrected chi connectivity index (χ2v) is 7.68. The molecule has 2 aromatic rings. The highest BCUT2D eigenvalue weighted by Crippen LogP contribution is 2.40. The second kappa shape index (κ2) is 8.49. The van der Waals surface area contributed by atoms with Gasteiger partial charge >= 0.3 is 6.03 Å². The summed E-state index contributed by atoms with van der Waals surface area (Å²) in [5.41, 5.74) is 7.11. The number of ether oxygens (including phenoxy) is 2. The summed E-state index contributed by atoms with van der Waals surface area (Å²) in [5.74, 6) is 1.25. The lowest BCUT2D eigenvalue weighted by molar-refractivity contribution is 0.252. The van der Waals surface area contributed by atoms with Crippen LogP contribution in [0.3, 0.4) is 0 Å². The van der Waals surface area contributed by atoms with Crippen molar-refractivity contribution < 1.29 is 14.3 Å². The molecule has 0 radical (unpaired) electrons. The van der Waals surface area contributed by atoms with Gasteiger partial charge in [0, 0.05) is 29.9 Å². The maximum absolute atomic E-state index is 12.2. The number of allylic oxidation sites excluding steroid dienone is 1. The number of anilines is 2. The lowest BCUT2D eigenvalue weighted by Crippen LogP contribution is -2.42. The summed E-state index contributed by atoms with van der Waals surface area (Å²) < 4.78 is 10.8. The molecule has 3 rings (SSSR count). The summed E-state index contributed by atoms with van der Waals surface area (Å²) >= 11 is 0. The zero-order valence-electron chi connectivity index (χ0n) is 18.2. The lowest BCUT2D eigenvalue weighted by Gasteiger charge is -2.40. The molecule has 30 heavy (non-hydrogen) atoms. The average molecular weight is 409 g/mol. The molecular weight excluding hydrogens is 380 g/mol. The van der Waals surface area contributed by atoms with E-state index in [1.54, 1.807) is 32.6 Å². The number of nitrogens with one attached hydrogen (secondary N) is 2. The van der Waals surface area contributed by atoms with Crippen LogP contribution in [0.5, 0.6) is 11.5 Å². The van der Waals surface area contributed by atoms with Crippen LogP contribution in [0.1, 0.15) is 31.9 Å². The largest absolute Gasteiger partial charge is 0.496 e. The van der Waals surface area contributed by atoms with E-state index in [4.69, 9.17) is 9.47 Å². The van der Waals surface area contributed by atoms with E-state index in [9.17, 15) is 4.79 Å². The van der Waals surface area contributed by atoms with Gasteiger partial charge in [0.25, 0.3) is 0 Å². The number of fused-ring (bicyclic) bond motifs is 1. The molecule has 158 valence electrons. The Morgan fingerprint density at radius 3 is 2.53 bits per heavy atom. The fraction of sp³-hybridized carbons (Fsp3) is 0.304. The minimum Gasteiger partial charge on any atom is -0.496 e. The number of methoxy groups -OCH3 is 2. The molecule has 1 aliphatic heterocycles. The minimum absolute atomic E-state index is 0.0875. The zero-order chi connectivity index (χ0) is 21.9. The number of hydrogen-bond acceptors (Lipinski definition) is 5.